The highest BCUT2D eigenvalue weighted by Gasteiger charge is 2.21. The molecule has 2 unspecified atom stereocenters. The van der Waals surface area contributed by atoms with Gasteiger partial charge in [-0.3, -0.25) is 0 Å². The molecule has 1 aromatic heterocycles. The fourth-order valence-electron chi connectivity index (χ4n) is 2.22. The molecule has 0 amide bonds. The predicted molar refractivity (Wildman–Crippen MR) is 77.2 cm³/mol. The Kier molecular flexibility index (Phi) is 5.33. The van der Waals surface area contributed by atoms with E-state index in [9.17, 15) is 5.11 Å². The van der Waals surface area contributed by atoms with Crippen LogP contribution in [0.4, 0.5) is 0 Å². The molecule has 1 heterocycles. The Labute approximate surface area is 118 Å². The maximum Gasteiger partial charge on any atom is 0.100 e. The molecule has 1 N–H and O–H groups in total. The van der Waals surface area contributed by atoms with Crippen molar-refractivity contribution in [1.29, 1.82) is 0 Å². The van der Waals surface area contributed by atoms with Crippen LogP contribution < -0.4 is 0 Å². The second-order valence-electron chi connectivity index (χ2n) is 5.90. The minimum Gasteiger partial charge on any atom is -0.388 e. The first-order valence-electron chi connectivity index (χ1n) is 5.82. The molecule has 0 saturated heterocycles. The van der Waals surface area contributed by atoms with Crippen molar-refractivity contribution in [1.82, 2.24) is 0 Å². The zero-order valence-corrected chi connectivity index (χ0v) is 13.1. The molecule has 0 aromatic carbocycles. The van der Waals surface area contributed by atoms with Crippen molar-refractivity contribution < 1.29 is 5.11 Å². The molecule has 1 nitrogen and oxygen atoms in total. The Morgan fingerprint density at radius 1 is 1.35 bits per heavy atom. The number of hydrogen-bond acceptors (Lipinski definition) is 2. The van der Waals surface area contributed by atoms with Gasteiger partial charge in [-0.15, -0.1) is 11.3 Å². The molecule has 0 spiro atoms. The third-order valence-corrected chi connectivity index (χ3v) is 4.15. The average molecular weight is 295 g/mol. The lowest BCUT2D eigenvalue weighted by Gasteiger charge is -2.24. The van der Waals surface area contributed by atoms with Crippen molar-refractivity contribution in [2.24, 2.45) is 11.3 Å². The van der Waals surface area contributed by atoms with Gasteiger partial charge in [0.1, 0.15) is 4.34 Å². The number of aliphatic hydroxyl groups excluding tert-OH is 1. The largest absolute Gasteiger partial charge is 0.388 e. The van der Waals surface area contributed by atoms with Crippen LogP contribution in [0.2, 0.25) is 8.67 Å². The topological polar surface area (TPSA) is 20.2 Å². The summed E-state index contributed by atoms with van der Waals surface area (Å²) in [5.74, 6) is 0.458. The van der Waals surface area contributed by atoms with Crippen LogP contribution in [0.1, 0.15) is 52.2 Å². The van der Waals surface area contributed by atoms with Crippen LogP contribution in [0, 0.1) is 11.3 Å². The normalized spacial score (nSPS) is 15.9. The van der Waals surface area contributed by atoms with E-state index in [1.54, 1.807) is 6.07 Å². The standard InChI is InChI=1S/C13H20Cl2OS/c1-8(7-13(2,3)4)5-10(16)9-6-11(14)17-12(9)15/h6,8,10,16H,5,7H2,1-4H3. The molecule has 0 aliphatic rings. The second kappa shape index (κ2) is 5.92. The second-order valence-corrected chi connectivity index (χ2v) is 8.19. The summed E-state index contributed by atoms with van der Waals surface area (Å²) in [5.41, 5.74) is 1.05. The summed E-state index contributed by atoms with van der Waals surface area (Å²) in [5, 5.41) is 10.1. The molecule has 2 atom stereocenters. The van der Waals surface area contributed by atoms with Gasteiger partial charge in [0.2, 0.25) is 0 Å². The molecule has 1 rings (SSSR count). The van der Waals surface area contributed by atoms with Gasteiger partial charge in [-0.05, 0) is 30.2 Å². The lowest BCUT2D eigenvalue weighted by molar-refractivity contribution is 0.134. The highest BCUT2D eigenvalue weighted by molar-refractivity contribution is 7.20. The van der Waals surface area contributed by atoms with Crippen LogP contribution in [-0.4, -0.2) is 5.11 Å². The summed E-state index contributed by atoms with van der Waals surface area (Å²) >= 11 is 13.2. The van der Waals surface area contributed by atoms with Gasteiger partial charge in [0.05, 0.1) is 10.4 Å². The fraction of sp³-hybridized carbons (Fsp3) is 0.692. The van der Waals surface area contributed by atoms with Gasteiger partial charge in [-0.2, -0.15) is 0 Å². The number of thiophene rings is 1. The van der Waals surface area contributed by atoms with E-state index in [1.807, 2.05) is 0 Å². The summed E-state index contributed by atoms with van der Waals surface area (Å²) in [4.78, 5) is 0. The summed E-state index contributed by atoms with van der Waals surface area (Å²) in [6.45, 7) is 8.80. The van der Waals surface area contributed by atoms with Gasteiger partial charge >= 0.3 is 0 Å². The van der Waals surface area contributed by atoms with Crippen LogP contribution in [0.5, 0.6) is 0 Å². The van der Waals surface area contributed by atoms with E-state index in [0.717, 1.165) is 18.4 Å². The van der Waals surface area contributed by atoms with Crippen LogP contribution in [0.15, 0.2) is 6.07 Å². The minimum atomic E-state index is -0.511. The van der Waals surface area contributed by atoms with Crippen molar-refractivity contribution in [3.05, 3.63) is 20.3 Å². The summed E-state index contributed by atoms with van der Waals surface area (Å²) in [6.07, 6.45) is 1.30. The number of aliphatic hydroxyl groups is 1. The average Bonchev–Trinajstić information content (AvgIpc) is 2.41. The molecule has 0 saturated carbocycles. The van der Waals surface area contributed by atoms with E-state index in [1.165, 1.54) is 11.3 Å². The Bertz CT molecular complexity index is 368. The van der Waals surface area contributed by atoms with Gasteiger partial charge in [0, 0.05) is 5.56 Å². The Morgan fingerprint density at radius 3 is 2.35 bits per heavy atom. The molecule has 4 heteroatoms. The van der Waals surface area contributed by atoms with Crippen molar-refractivity contribution >= 4 is 34.5 Å². The lowest BCUT2D eigenvalue weighted by Crippen LogP contribution is -2.13. The molecule has 98 valence electrons. The van der Waals surface area contributed by atoms with Crippen LogP contribution in [0.3, 0.4) is 0 Å². The van der Waals surface area contributed by atoms with Gasteiger partial charge in [-0.1, -0.05) is 50.9 Å². The lowest BCUT2D eigenvalue weighted by atomic mass is 9.83. The van der Waals surface area contributed by atoms with Crippen LogP contribution in [-0.2, 0) is 0 Å². The van der Waals surface area contributed by atoms with Crippen LogP contribution in [0.25, 0.3) is 0 Å². The molecule has 0 aliphatic carbocycles. The van der Waals surface area contributed by atoms with E-state index in [2.05, 4.69) is 27.7 Å². The van der Waals surface area contributed by atoms with Crippen molar-refractivity contribution in [2.75, 3.05) is 0 Å². The zero-order chi connectivity index (χ0) is 13.2. The van der Waals surface area contributed by atoms with Crippen molar-refractivity contribution in [3.8, 4) is 0 Å². The minimum absolute atomic E-state index is 0.287. The third kappa shape index (κ3) is 5.17. The Hall–Kier alpha value is 0.240. The fourth-order valence-corrected chi connectivity index (χ4v) is 3.78. The highest BCUT2D eigenvalue weighted by Crippen LogP contribution is 2.38. The summed E-state index contributed by atoms with van der Waals surface area (Å²) in [7, 11) is 0. The first-order valence-corrected chi connectivity index (χ1v) is 7.39. The Balaban J connectivity index is 2.60. The Morgan fingerprint density at radius 2 is 1.94 bits per heavy atom. The smallest absolute Gasteiger partial charge is 0.100 e. The maximum atomic E-state index is 10.1. The highest BCUT2D eigenvalue weighted by atomic mass is 35.5. The molecule has 0 fully saturated rings. The van der Waals surface area contributed by atoms with Crippen molar-refractivity contribution in [3.63, 3.8) is 0 Å². The molecule has 1 aromatic rings. The quantitative estimate of drug-likeness (QED) is 0.772. The first-order chi connectivity index (χ1) is 7.69. The van der Waals surface area contributed by atoms with Gasteiger partial charge in [-0.25, -0.2) is 0 Å². The number of rotatable bonds is 4. The van der Waals surface area contributed by atoms with E-state index < -0.39 is 6.10 Å². The summed E-state index contributed by atoms with van der Waals surface area (Å²) < 4.78 is 1.23. The van der Waals surface area contributed by atoms with Crippen LogP contribution >= 0.6 is 34.5 Å². The molecular formula is C13H20Cl2OS. The number of hydrogen-bond donors (Lipinski definition) is 1. The zero-order valence-electron chi connectivity index (χ0n) is 10.8. The number of halogens is 2. The molecular weight excluding hydrogens is 275 g/mol. The van der Waals surface area contributed by atoms with E-state index >= 15 is 0 Å². The molecule has 17 heavy (non-hydrogen) atoms. The van der Waals surface area contributed by atoms with Gasteiger partial charge < -0.3 is 5.11 Å². The van der Waals surface area contributed by atoms with E-state index in [4.69, 9.17) is 23.2 Å². The summed E-state index contributed by atoms with van der Waals surface area (Å²) in [6, 6.07) is 1.77. The molecule has 0 aliphatic heterocycles. The monoisotopic (exact) mass is 294 g/mol. The molecule has 0 bridgehead atoms. The predicted octanol–water partition coefficient (Wildman–Crippen LogP) is 5.55. The third-order valence-electron chi connectivity index (χ3n) is 2.63. The molecule has 0 radical (unpaired) electrons. The SMILES string of the molecule is CC(CC(O)c1cc(Cl)sc1Cl)CC(C)(C)C. The van der Waals surface area contributed by atoms with Crippen molar-refractivity contribution in [2.45, 2.75) is 46.6 Å². The van der Waals surface area contributed by atoms with E-state index in [-0.39, 0.29) is 5.41 Å². The maximum absolute atomic E-state index is 10.1. The van der Waals surface area contributed by atoms with Gasteiger partial charge in [0.15, 0.2) is 0 Å². The van der Waals surface area contributed by atoms with E-state index in [0.29, 0.717) is 14.6 Å². The first kappa shape index (κ1) is 15.3. The van der Waals surface area contributed by atoms with Gasteiger partial charge in [0.25, 0.3) is 0 Å².